The van der Waals surface area contributed by atoms with Gasteiger partial charge in [-0.3, -0.25) is 19.3 Å². The molecule has 25 heavy (non-hydrogen) atoms. The van der Waals surface area contributed by atoms with Crippen molar-refractivity contribution in [2.75, 3.05) is 26.2 Å². The second-order valence-electron chi connectivity index (χ2n) is 7.43. The largest absolute Gasteiger partial charge is 0.353 e. The molecule has 1 saturated carbocycles. The number of carbonyl (C=O) groups is 3. The zero-order valence-corrected chi connectivity index (χ0v) is 15.3. The van der Waals surface area contributed by atoms with E-state index in [2.05, 4.69) is 15.5 Å². The Morgan fingerprint density at radius 2 is 2.00 bits per heavy atom. The van der Waals surface area contributed by atoms with Crippen molar-refractivity contribution in [3.63, 3.8) is 0 Å². The standard InChI is InChI=1S/C18H30N4O3/c1-3-21(4-2)16(23)8-7-14-10-19-18(25)15-9-13(11-22(14)15)20-17(24)12-5-6-12/h12-15H,3-11H2,1-2H3,(H,19,25)(H,20,24). The first-order valence-corrected chi connectivity index (χ1v) is 9.65. The van der Waals surface area contributed by atoms with E-state index in [0.29, 0.717) is 25.9 Å². The molecule has 2 saturated heterocycles. The smallest absolute Gasteiger partial charge is 0.237 e. The number of hydrogen-bond donors (Lipinski definition) is 2. The molecule has 3 amide bonds. The van der Waals surface area contributed by atoms with E-state index in [0.717, 1.165) is 32.4 Å². The zero-order valence-electron chi connectivity index (χ0n) is 15.3. The van der Waals surface area contributed by atoms with Crippen LogP contribution in [0.4, 0.5) is 0 Å². The lowest BCUT2D eigenvalue weighted by Gasteiger charge is -2.37. The molecule has 3 atom stereocenters. The molecular weight excluding hydrogens is 320 g/mol. The maximum atomic E-state index is 12.3. The Kier molecular flexibility index (Phi) is 5.61. The van der Waals surface area contributed by atoms with Crippen LogP contribution in [0.5, 0.6) is 0 Å². The van der Waals surface area contributed by atoms with E-state index >= 15 is 0 Å². The van der Waals surface area contributed by atoms with E-state index in [4.69, 9.17) is 0 Å². The number of nitrogens with one attached hydrogen (secondary N) is 2. The van der Waals surface area contributed by atoms with E-state index in [9.17, 15) is 14.4 Å². The summed E-state index contributed by atoms with van der Waals surface area (Å²) < 4.78 is 0. The number of fused-ring (bicyclic) bond motifs is 1. The highest BCUT2D eigenvalue weighted by Gasteiger charge is 2.44. The minimum Gasteiger partial charge on any atom is -0.353 e. The normalized spacial score (nSPS) is 29.0. The maximum Gasteiger partial charge on any atom is 0.237 e. The van der Waals surface area contributed by atoms with Crippen molar-refractivity contribution >= 4 is 17.7 Å². The second kappa shape index (κ2) is 7.72. The Morgan fingerprint density at radius 3 is 2.64 bits per heavy atom. The highest BCUT2D eigenvalue weighted by atomic mass is 16.2. The second-order valence-corrected chi connectivity index (χ2v) is 7.43. The molecule has 0 aromatic rings. The Balaban J connectivity index is 1.55. The zero-order chi connectivity index (χ0) is 18.0. The van der Waals surface area contributed by atoms with Crippen molar-refractivity contribution in [3.8, 4) is 0 Å². The first-order valence-electron chi connectivity index (χ1n) is 9.65. The number of rotatable bonds is 7. The predicted octanol–water partition coefficient (Wildman–Crippen LogP) is 0.103. The summed E-state index contributed by atoms with van der Waals surface area (Å²) in [4.78, 5) is 40.5. The minimum atomic E-state index is -0.174. The van der Waals surface area contributed by atoms with Crippen LogP contribution in [0, 0.1) is 5.92 Å². The van der Waals surface area contributed by atoms with Gasteiger partial charge in [0.1, 0.15) is 0 Å². The average molecular weight is 350 g/mol. The monoisotopic (exact) mass is 350 g/mol. The fourth-order valence-electron chi connectivity index (χ4n) is 4.04. The molecule has 140 valence electrons. The molecular formula is C18H30N4O3. The third kappa shape index (κ3) is 4.14. The first-order chi connectivity index (χ1) is 12.0. The maximum absolute atomic E-state index is 12.3. The molecule has 2 aliphatic heterocycles. The molecule has 7 heteroatoms. The molecule has 3 unspecified atom stereocenters. The van der Waals surface area contributed by atoms with Crippen LogP contribution < -0.4 is 10.6 Å². The van der Waals surface area contributed by atoms with Gasteiger partial charge in [0.2, 0.25) is 17.7 Å². The van der Waals surface area contributed by atoms with Crippen LogP contribution in [0.2, 0.25) is 0 Å². The summed E-state index contributed by atoms with van der Waals surface area (Å²) >= 11 is 0. The van der Waals surface area contributed by atoms with E-state index < -0.39 is 0 Å². The van der Waals surface area contributed by atoms with Gasteiger partial charge in [-0.25, -0.2) is 0 Å². The summed E-state index contributed by atoms with van der Waals surface area (Å²) in [5.41, 5.74) is 0. The fourth-order valence-corrected chi connectivity index (χ4v) is 4.04. The highest BCUT2D eigenvalue weighted by molar-refractivity contribution is 5.84. The van der Waals surface area contributed by atoms with Gasteiger partial charge < -0.3 is 15.5 Å². The number of carbonyl (C=O) groups excluding carboxylic acids is 3. The molecule has 7 nitrogen and oxygen atoms in total. The van der Waals surface area contributed by atoms with E-state index in [1.807, 2.05) is 18.7 Å². The topological polar surface area (TPSA) is 81.8 Å². The van der Waals surface area contributed by atoms with Gasteiger partial charge in [0.25, 0.3) is 0 Å². The lowest BCUT2D eigenvalue weighted by molar-refractivity contribution is -0.132. The molecule has 3 aliphatic rings. The van der Waals surface area contributed by atoms with E-state index in [-0.39, 0.29) is 41.8 Å². The fraction of sp³-hybridized carbons (Fsp3) is 0.833. The van der Waals surface area contributed by atoms with Crippen LogP contribution in [0.1, 0.15) is 46.0 Å². The van der Waals surface area contributed by atoms with E-state index in [1.54, 1.807) is 0 Å². The molecule has 3 rings (SSSR count). The molecule has 1 aliphatic carbocycles. The molecule has 0 aromatic heterocycles. The highest BCUT2D eigenvalue weighted by Crippen LogP contribution is 2.30. The molecule has 3 fully saturated rings. The summed E-state index contributed by atoms with van der Waals surface area (Å²) in [5, 5.41) is 6.08. The van der Waals surface area contributed by atoms with Crippen LogP contribution in [0.15, 0.2) is 0 Å². The Morgan fingerprint density at radius 1 is 1.28 bits per heavy atom. The van der Waals surface area contributed by atoms with Crippen molar-refractivity contribution in [1.29, 1.82) is 0 Å². The molecule has 0 spiro atoms. The SMILES string of the molecule is CCN(CC)C(=O)CCC1CNC(=O)C2CC(NC(=O)C3CC3)CN12. The van der Waals surface area contributed by atoms with Gasteiger partial charge in [0.15, 0.2) is 0 Å². The van der Waals surface area contributed by atoms with Gasteiger partial charge in [-0.1, -0.05) is 0 Å². The van der Waals surface area contributed by atoms with Crippen LogP contribution in [-0.2, 0) is 14.4 Å². The molecule has 0 bridgehead atoms. The summed E-state index contributed by atoms with van der Waals surface area (Å²) in [6.07, 6.45) is 3.90. The predicted molar refractivity (Wildman–Crippen MR) is 93.7 cm³/mol. The average Bonchev–Trinajstić information content (AvgIpc) is 3.36. The third-order valence-electron chi connectivity index (χ3n) is 5.72. The first kappa shape index (κ1) is 18.2. The third-order valence-corrected chi connectivity index (χ3v) is 5.72. The Hall–Kier alpha value is -1.63. The molecule has 0 aromatic carbocycles. The Bertz CT molecular complexity index is 530. The summed E-state index contributed by atoms with van der Waals surface area (Å²) in [6, 6.07) is 0.0415. The molecule has 2 heterocycles. The van der Waals surface area contributed by atoms with Crippen molar-refractivity contribution in [3.05, 3.63) is 0 Å². The van der Waals surface area contributed by atoms with Gasteiger partial charge in [-0.15, -0.1) is 0 Å². The number of piperazine rings is 1. The van der Waals surface area contributed by atoms with Crippen molar-refractivity contribution in [1.82, 2.24) is 20.4 Å². The van der Waals surface area contributed by atoms with Crippen LogP contribution in [0.3, 0.4) is 0 Å². The molecule has 0 radical (unpaired) electrons. The summed E-state index contributed by atoms with van der Waals surface area (Å²) in [6.45, 7) is 6.75. The summed E-state index contributed by atoms with van der Waals surface area (Å²) in [7, 11) is 0. The van der Waals surface area contributed by atoms with Crippen LogP contribution in [-0.4, -0.2) is 71.8 Å². The Labute approximate surface area is 149 Å². The summed E-state index contributed by atoms with van der Waals surface area (Å²) in [5.74, 6) is 0.554. The van der Waals surface area contributed by atoms with Gasteiger partial charge in [0, 0.05) is 50.6 Å². The van der Waals surface area contributed by atoms with Crippen LogP contribution >= 0.6 is 0 Å². The van der Waals surface area contributed by atoms with Gasteiger partial charge in [-0.2, -0.15) is 0 Å². The lowest BCUT2D eigenvalue weighted by Crippen LogP contribution is -2.58. The number of nitrogens with zero attached hydrogens (tertiary/aromatic N) is 2. The van der Waals surface area contributed by atoms with Gasteiger partial charge >= 0.3 is 0 Å². The van der Waals surface area contributed by atoms with Crippen molar-refractivity contribution in [2.45, 2.75) is 64.1 Å². The number of hydrogen-bond acceptors (Lipinski definition) is 4. The van der Waals surface area contributed by atoms with Crippen molar-refractivity contribution in [2.24, 2.45) is 5.92 Å². The van der Waals surface area contributed by atoms with Gasteiger partial charge in [0.05, 0.1) is 6.04 Å². The molecule has 2 N–H and O–H groups in total. The van der Waals surface area contributed by atoms with Crippen molar-refractivity contribution < 1.29 is 14.4 Å². The van der Waals surface area contributed by atoms with Crippen LogP contribution in [0.25, 0.3) is 0 Å². The quantitative estimate of drug-likeness (QED) is 0.682. The lowest BCUT2D eigenvalue weighted by atomic mass is 10.0. The van der Waals surface area contributed by atoms with Gasteiger partial charge in [-0.05, 0) is 39.5 Å². The minimum absolute atomic E-state index is 0.0444. The number of amides is 3. The van der Waals surface area contributed by atoms with E-state index in [1.165, 1.54) is 0 Å².